The van der Waals surface area contributed by atoms with Crippen molar-refractivity contribution >= 4 is 35.2 Å². The lowest BCUT2D eigenvalue weighted by Crippen LogP contribution is -1.99. The molecule has 0 heterocycles. The molecule has 0 bridgehead atoms. The Morgan fingerprint density at radius 1 is 0.972 bits per heavy atom. The number of thioether (sulfide) groups is 1. The number of nitrogens with one attached hydrogen (secondary N) is 1. The first-order valence-corrected chi connectivity index (χ1v) is 12.0. The van der Waals surface area contributed by atoms with E-state index < -0.39 is 17.6 Å². The topological polar surface area (TPSA) is 58.6 Å². The molecule has 7 heteroatoms. The van der Waals surface area contributed by atoms with Gasteiger partial charge in [0.2, 0.25) is 0 Å². The van der Waals surface area contributed by atoms with Gasteiger partial charge in [-0.3, -0.25) is 0 Å². The average Bonchev–Trinajstić information content (AvgIpc) is 2.88. The highest BCUT2D eigenvalue weighted by Crippen LogP contribution is 2.37. The van der Waals surface area contributed by atoms with Crippen molar-refractivity contribution in [3.8, 4) is 16.9 Å². The summed E-state index contributed by atoms with van der Waals surface area (Å²) in [7, 11) is 1.46. The standard InChI is InChI=1S/C29H23F2NO3S/c1-35-28-16-24(20-8-5-9-22(30)14-20)25(31)17-27(28)32-26-12-11-23(15-21(26)10-13-29(33)34)36-18-19-6-3-2-4-7-19/h2-17,32H,18H2,1H3,(H,33,34). The number of hydrogen-bond donors (Lipinski definition) is 2. The largest absolute Gasteiger partial charge is 0.495 e. The fourth-order valence-corrected chi connectivity index (χ4v) is 4.53. The number of carbonyl (C=O) groups is 1. The van der Waals surface area contributed by atoms with Crippen LogP contribution in [-0.2, 0) is 10.5 Å². The Hall–Kier alpha value is -4.10. The molecule has 0 unspecified atom stereocenters. The zero-order valence-electron chi connectivity index (χ0n) is 19.4. The van der Waals surface area contributed by atoms with Gasteiger partial charge in [-0.15, -0.1) is 11.8 Å². The third-order valence-corrected chi connectivity index (χ3v) is 6.44. The van der Waals surface area contributed by atoms with Crippen LogP contribution in [0.2, 0.25) is 0 Å². The average molecular weight is 504 g/mol. The normalized spacial score (nSPS) is 11.0. The van der Waals surface area contributed by atoms with Crippen molar-refractivity contribution in [3.63, 3.8) is 0 Å². The minimum Gasteiger partial charge on any atom is -0.495 e. The third-order valence-electron chi connectivity index (χ3n) is 5.37. The number of benzene rings is 4. The number of hydrogen-bond acceptors (Lipinski definition) is 4. The van der Waals surface area contributed by atoms with Gasteiger partial charge in [0.05, 0.1) is 12.8 Å². The molecule has 4 rings (SSSR count). The maximum absolute atomic E-state index is 15.1. The van der Waals surface area contributed by atoms with Crippen molar-refractivity contribution in [2.75, 3.05) is 12.4 Å². The zero-order chi connectivity index (χ0) is 25.5. The van der Waals surface area contributed by atoms with Gasteiger partial charge in [0, 0.05) is 34.0 Å². The van der Waals surface area contributed by atoms with Gasteiger partial charge in [0.1, 0.15) is 17.4 Å². The number of anilines is 2. The summed E-state index contributed by atoms with van der Waals surface area (Å²) in [6.45, 7) is 0. The summed E-state index contributed by atoms with van der Waals surface area (Å²) < 4.78 is 34.2. The number of methoxy groups -OCH3 is 1. The van der Waals surface area contributed by atoms with E-state index in [1.54, 1.807) is 17.8 Å². The summed E-state index contributed by atoms with van der Waals surface area (Å²) in [6, 6.07) is 24.1. The van der Waals surface area contributed by atoms with E-state index in [1.165, 1.54) is 49.1 Å². The molecule has 0 radical (unpaired) electrons. The molecule has 4 aromatic rings. The first kappa shape index (κ1) is 25.0. The SMILES string of the molecule is COc1cc(-c2cccc(F)c2)c(F)cc1Nc1ccc(SCc2ccccc2)cc1C=CC(=O)O. The molecule has 0 atom stereocenters. The molecule has 0 fully saturated rings. The number of aliphatic carboxylic acids is 1. The number of halogens is 2. The molecular weight excluding hydrogens is 480 g/mol. The van der Waals surface area contributed by atoms with Crippen molar-refractivity contribution < 1.29 is 23.4 Å². The highest BCUT2D eigenvalue weighted by molar-refractivity contribution is 7.98. The summed E-state index contributed by atoms with van der Waals surface area (Å²) in [6.07, 6.45) is 2.54. The second-order valence-corrected chi connectivity index (χ2v) is 8.91. The minimum absolute atomic E-state index is 0.204. The molecule has 0 aliphatic heterocycles. The van der Waals surface area contributed by atoms with Crippen LogP contribution in [-0.4, -0.2) is 18.2 Å². The Labute approximate surface area is 212 Å². The molecule has 182 valence electrons. The van der Waals surface area contributed by atoms with E-state index in [-0.39, 0.29) is 5.56 Å². The molecule has 0 spiro atoms. The second-order valence-electron chi connectivity index (χ2n) is 7.86. The molecule has 4 nitrogen and oxygen atoms in total. The molecule has 36 heavy (non-hydrogen) atoms. The van der Waals surface area contributed by atoms with E-state index in [1.807, 2.05) is 48.5 Å². The Morgan fingerprint density at radius 3 is 2.50 bits per heavy atom. The lowest BCUT2D eigenvalue weighted by atomic mass is 10.0. The number of ether oxygens (including phenoxy) is 1. The summed E-state index contributed by atoms with van der Waals surface area (Å²) in [4.78, 5) is 12.1. The minimum atomic E-state index is -1.08. The van der Waals surface area contributed by atoms with Crippen LogP contribution in [0.4, 0.5) is 20.2 Å². The predicted molar refractivity (Wildman–Crippen MR) is 141 cm³/mol. The first-order chi connectivity index (χ1) is 17.4. The molecule has 0 saturated carbocycles. The molecule has 0 saturated heterocycles. The monoisotopic (exact) mass is 503 g/mol. The van der Waals surface area contributed by atoms with Crippen LogP contribution in [0, 0.1) is 11.6 Å². The van der Waals surface area contributed by atoms with Gasteiger partial charge in [-0.25, -0.2) is 13.6 Å². The van der Waals surface area contributed by atoms with Crippen molar-refractivity contribution in [2.45, 2.75) is 10.6 Å². The van der Waals surface area contributed by atoms with Gasteiger partial charge < -0.3 is 15.2 Å². The van der Waals surface area contributed by atoms with Gasteiger partial charge in [0.15, 0.2) is 0 Å². The maximum atomic E-state index is 15.1. The van der Waals surface area contributed by atoms with Gasteiger partial charge in [-0.1, -0.05) is 42.5 Å². The summed E-state index contributed by atoms with van der Waals surface area (Å²) >= 11 is 1.62. The molecule has 0 amide bonds. The zero-order valence-corrected chi connectivity index (χ0v) is 20.2. The fraction of sp³-hybridized carbons (Fsp3) is 0.0690. The smallest absolute Gasteiger partial charge is 0.328 e. The van der Waals surface area contributed by atoms with Crippen molar-refractivity contribution in [1.29, 1.82) is 0 Å². The first-order valence-electron chi connectivity index (χ1n) is 11.0. The number of rotatable bonds is 9. The quantitative estimate of drug-likeness (QED) is 0.180. The molecule has 0 aromatic heterocycles. The van der Waals surface area contributed by atoms with Crippen molar-refractivity contribution in [3.05, 3.63) is 114 Å². The molecule has 0 aliphatic rings. The molecule has 0 aliphatic carbocycles. The second kappa shape index (κ2) is 11.6. The Kier molecular flexibility index (Phi) is 8.02. The van der Waals surface area contributed by atoms with E-state index >= 15 is 4.39 Å². The summed E-state index contributed by atoms with van der Waals surface area (Å²) in [5, 5.41) is 12.3. The van der Waals surface area contributed by atoms with Gasteiger partial charge in [-0.05, 0) is 59.2 Å². The Balaban J connectivity index is 1.65. The van der Waals surface area contributed by atoms with Crippen LogP contribution < -0.4 is 10.1 Å². The van der Waals surface area contributed by atoms with Crippen LogP contribution in [0.15, 0.2) is 95.9 Å². The van der Waals surface area contributed by atoms with Crippen LogP contribution in [0.1, 0.15) is 11.1 Å². The van der Waals surface area contributed by atoms with Crippen molar-refractivity contribution in [2.24, 2.45) is 0 Å². The Bertz CT molecular complexity index is 1410. The summed E-state index contributed by atoms with van der Waals surface area (Å²) in [5.74, 6) is -0.983. The highest BCUT2D eigenvalue weighted by Gasteiger charge is 2.14. The third kappa shape index (κ3) is 6.31. The summed E-state index contributed by atoms with van der Waals surface area (Å²) in [5.41, 5.74) is 3.31. The van der Waals surface area contributed by atoms with E-state index in [9.17, 15) is 9.18 Å². The Morgan fingerprint density at radius 2 is 1.78 bits per heavy atom. The molecule has 2 N–H and O–H groups in total. The van der Waals surface area contributed by atoms with Gasteiger partial charge >= 0.3 is 5.97 Å². The van der Waals surface area contributed by atoms with Crippen LogP contribution in [0.5, 0.6) is 5.75 Å². The lowest BCUT2D eigenvalue weighted by Gasteiger charge is -2.16. The van der Waals surface area contributed by atoms with Crippen LogP contribution in [0.3, 0.4) is 0 Å². The van der Waals surface area contributed by atoms with Crippen LogP contribution in [0.25, 0.3) is 17.2 Å². The highest BCUT2D eigenvalue weighted by atomic mass is 32.2. The van der Waals surface area contributed by atoms with Gasteiger partial charge in [0.25, 0.3) is 0 Å². The predicted octanol–water partition coefficient (Wildman–Crippen LogP) is 7.77. The van der Waals surface area contributed by atoms with Crippen LogP contribution >= 0.6 is 11.8 Å². The number of carboxylic acids is 1. The van der Waals surface area contributed by atoms with Crippen molar-refractivity contribution in [1.82, 2.24) is 0 Å². The maximum Gasteiger partial charge on any atom is 0.328 e. The number of carboxylic acid groups (broad SMARTS) is 1. The van der Waals surface area contributed by atoms with E-state index in [2.05, 4.69) is 5.32 Å². The molecule has 4 aromatic carbocycles. The van der Waals surface area contributed by atoms with E-state index in [0.29, 0.717) is 28.3 Å². The molecular formula is C29H23F2NO3S. The van der Waals surface area contributed by atoms with E-state index in [4.69, 9.17) is 9.84 Å². The fourth-order valence-electron chi connectivity index (χ4n) is 3.63. The van der Waals surface area contributed by atoms with Gasteiger partial charge in [-0.2, -0.15) is 0 Å². The lowest BCUT2D eigenvalue weighted by molar-refractivity contribution is -0.131. The van der Waals surface area contributed by atoms with E-state index in [0.717, 1.165) is 16.7 Å².